The van der Waals surface area contributed by atoms with Gasteiger partial charge in [0, 0.05) is 62.7 Å². The van der Waals surface area contributed by atoms with Gasteiger partial charge in [-0.05, 0) is 18.2 Å². The Bertz CT molecular complexity index is 796. The number of nitrogens with zero attached hydrogens (tertiary/aromatic N) is 6. The predicted molar refractivity (Wildman–Crippen MR) is 88.2 cm³/mol. The van der Waals surface area contributed by atoms with E-state index >= 15 is 0 Å². The molecule has 0 spiro atoms. The Kier molecular flexibility index (Phi) is 4.00. The van der Waals surface area contributed by atoms with Gasteiger partial charge in [0.05, 0.1) is 12.7 Å². The normalized spacial score (nSPS) is 18.1. The lowest BCUT2D eigenvalue weighted by molar-refractivity contribution is 0.114. The van der Waals surface area contributed by atoms with Gasteiger partial charge in [0.2, 0.25) is 0 Å². The van der Waals surface area contributed by atoms with Crippen LogP contribution in [0.15, 0.2) is 49.2 Å². The number of fused-ring (bicyclic) bond motifs is 1. The van der Waals surface area contributed by atoms with Crippen LogP contribution in [0.4, 0.5) is 0 Å². The van der Waals surface area contributed by atoms with E-state index < -0.39 is 0 Å². The molecule has 0 saturated carbocycles. The van der Waals surface area contributed by atoms with Crippen molar-refractivity contribution >= 4 is 0 Å². The molecule has 0 radical (unpaired) electrons. The van der Waals surface area contributed by atoms with E-state index in [-0.39, 0.29) is 6.10 Å². The molecule has 7 nitrogen and oxygen atoms in total. The Labute approximate surface area is 140 Å². The Morgan fingerprint density at radius 1 is 1.21 bits per heavy atom. The molecule has 0 bridgehead atoms. The summed E-state index contributed by atoms with van der Waals surface area (Å²) in [5, 5.41) is 4.26. The summed E-state index contributed by atoms with van der Waals surface area (Å²) in [7, 11) is 1.94. The van der Waals surface area contributed by atoms with Crippen molar-refractivity contribution in [3.63, 3.8) is 0 Å². The highest BCUT2D eigenvalue weighted by molar-refractivity contribution is 5.11. The highest BCUT2D eigenvalue weighted by Gasteiger charge is 2.23. The second kappa shape index (κ2) is 6.45. The smallest absolute Gasteiger partial charge is 0.316 e. The van der Waals surface area contributed by atoms with Crippen LogP contribution in [-0.4, -0.2) is 41.9 Å². The fourth-order valence-electron chi connectivity index (χ4n) is 3.13. The highest BCUT2D eigenvalue weighted by Crippen LogP contribution is 2.18. The van der Waals surface area contributed by atoms with Gasteiger partial charge in [-0.15, -0.1) is 0 Å². The van der Waals surface area contributed by atoms with Crippen molar-refractivity contribution in [1.29, 1.82) is 0 Å². The van der Waals surface area contributed by atoms with Crippen LogP contribution >= 0.6 is 0 Å². The predicted octanol–water partition coefficient (Wildman–Crippen LogP) is 1.48. The maximum Gasteiger partial charge on any atom is 0.316 e. The molecular weight excluding hydrogens is 304 g/mol. The van der Waals surface area contributed by atoms with Gasteiger partial charge < -0.3 is 9.30 Å². The summed E-state index contributed by atoms with van der Waals surface area (Å²) >= 11 is 0. The molecule has 1 aliphatic rings. The summed E-state index contributed by atoms with van der Waals surface area (Å²) in [6.45, 7) is 3.34. The molecule has 4 rings (SSSR count). The lowest BCUT2D eigenvalue weighted by Crippen LogP contribution is -2.34. The summed E-state index contributed by atoms with van der Waals surface area (Å²) < 4.78 is 10.1. The number of aryl methyl sites for hydroxylation is 1. The molecule has 0 saturated heterocycles. The molecule has 0 unspecified atom stereocenters. The van der Waals surface area contributed by atoms with Crippen LogP contribution in [0.2, 0.25) is 0 Å². The van der Waals surface area contributed by atoms with Crippen LogP contribution in [0, 0.1) is 0 Å². The number of rotatable bonds is 4. The van der Waals surface area contributed by atoms with Crippen molar-refractivity contribution in [2.75, 3.05) is 6.54 Å². The van der Waals surface area contributed by atoms with Crippen molar-refractivity contribution in [1.82, 2.24) is 29.2 Å². The van der Waals surface area contributed by atoms with Crippen molar-refractivity contribution < 1.29 is 4.74 Å². The van der Waals surface area contributed by atoms with Crippen LogP contribution in [0.3, 0.4) is 0 Å². The molecule has 1 aliphatic heterocycles. The molecule has 3 aromatic heterocycles. The fourth-order valence-corrected chi connectivity index (χ4v) is 3.13. The molecule has 3 aromatic rings. The zero-order valence-corrected chi connectivity index (χ0v) is 13.6. The maximum absolute atomic E-state index is 6.03. The van der Waals surface area contributed by atoms with Gasteiger partial charge in [0.25, 0.3) is 0 Å². The van der Waals surface area contributed by atoms with E-state index in [0.717, 1.165) is 26.2 Å². The van der Waals surface area contributed by atoms with Gasteiger partial charge in [-0.1, -0.05) is 0 Å². The first-order chi connectivity index (χ1) is 11.8. The van der Waals surface area contributed by atoms with Crippen LogP contribution in [0.25, 0.3) is 0 Å². The largest absolute Gasteiger partial charge is 0.457 e. The van der Waals surface area contributed by atoms with E-state index in [9.17, 15) is 0 Å². The second-order valence-corrected chi connectivity index (χ2v) is 6.11. The topological polar surface area (TPSA) is 61.0 Å². The molecule has 4 heterocycles. The first-order valence-corrected chi connectivity index (χ1v) is 8.04. The third-order valence-electron chi connectivity index (χ3n) is 4.15. The summed E-state index contributed by atoms with van der Waals surface area (Å²) in [6.07, 6.45) is 9.48. The molecule has 1 atom stereocenters. The summed E-state index contributed by atoms with van der Waals surface area (Å²) in [5.74, 6) is 0. The van der Waals surface area contributed by atoms with Gasteiger partial charge in [-0.25, -0.2) is 9.97 Å². The Balaban J connectivity index is 1.54. The number of ether oxygens (including phenoxy) is 1. The van der Waals surface area contributed by atoms with Crippen molar-refractivity contribution in [2.24, 2.45) is 7.05 Å². The van der Waals surface area contributed by atoms with Crippen LogP contribution < -0.4 is 4.74 Å². The quantitative estimate of drug-likeness (QED) is 0.727. The minimum absolute atomic E-state index is 0.00211. The van der Waals surface area contributed by atoms with Crippen molar-refractivity contribution in [3.05, 3.63) is 60.4 Å². The summed E-state index contributed by atoms with van der Waals surface area (Å²) in [5.41, 5.74) is 2.49. The standard InChI is InChI=1S/C17H20N6O/c1-21-9-14(8-20-21)10-22-11-15-4-2-7-23(15)13-16(12-22)24-17-18-5-3-6-19-17/h2-9,16H,10-13H2,1H3/t16-/m1/s1. The minimum atomic E-state index is -0.00211. The number of hydrogen-bond acceptors (Lipinski definition) is 5. The van der Waals surface area contributed by atoms with Gasteiger partial charge in [-0.3, -0.25) is 9.58 Å². The lowest BCUT2D eigenvalue weighted by Gasteiger charge is -2.23. The minimum Gasteiger partial charge on any atom is -0.457 e. The highest BCUT2D eigenvalue weighted by atomic mass is 16.5. The van der Waals surface area contributed by atoms with E-state index in [1.165, 1.54) is 11.3 Å². The Morgan fingerprint density at radius 2 is 2.08 bits per heavy atom. The number of aromatic nitrogens is 5. The van der Waals surface area contributed by atoms with E-state index in [1.807, 2.05) is 17.9 Å². The molecule has 0 aliphatic carbocycles. The molecule has 0 N–H and O–H groups in total. The van der Waals surface area contributed by atoms with E-state index in [4.69, 9.17) is 4.74 Å². The van der Waals surface area contributed by atoms with Gasteiger partial charge >= 0.3 is 6.01 Å². The summed E-state index contributed by atoms with van der Waals surface area (Å²) in [6, 6.07) is 6.47. The first kappa shape index (κ1) is 14.9. The van der Waals surface area contributed by atoms with Crippen LogP contribution in [-0.2, 0) is 26.7 Å². The average Bonchev–Trinajstić information content (AvgIpc) is 3.14. The zero-order chi connectivity index (χ0) is 16.4. The fraction of sp³-hybridized carbons (Fsp3) is 0.353. The molecule has 0 fully saturated rings. The molecular formula is C17H20N6O. The zero-order valence-electron chi connectivity index (χ0n) is 13.6. The van der Waals surface area contributed by atoms with Crippen molar-refractivity contribution in [3.8, 4) is 6.01 Å². The monoisotopic (exact) mass is 324 g/mol. The Morgan fingerprint density at radius 3 is 2.88 bits per heavy atom. The third kappa shape index (κ3) is 3.30. The van der Waals surface area contributed by atoms with Crippen LogP contribution in [0.5, 0.6) is 6.01 Å². The number of hydrogen-bond donors (Lipinski definition) is 0. The SMILES string of the molecule is Cn1cc(CN2Cc3cccn3C[C@H](Oc3ncccn3)C2)cn1. The molecule has 0 aromatic carbocycles. The summed E-state index contributed by atoms with van der Waals surface area (Å²) in [4.78, 5) is 10.7. The first-order valence-electron chi connectivity index (χ1n) is 8.04. The third-order valence-corrected chi connectivity index (χ3v) is 4.15. The maximum atomic E-state index is 6.03. The molecule has 124 valence electrons. The van der Waals surface area contributed by atoms with E-state index in [2.05, 4.69) is 49.1 Å². The van der Waals surface area contributed by atoms with E-state index in [0.29, 0.717) is 6.01 Å². The average molecular weight is 324 g/mol. The van der Waals surface area contributed by atoms with Gasteiger partial charge in [0.1, 0.15) is 6.10 Å². The molecule has 0 amide bonds. The second-order valence-electron chi connectivity index (χ2n) is 6.11. The van der Waals surface area contributed by atoms with Gasteiger partial charge in [0.15, 0.2) is 0 Å². The van der Waals surface area contributed by atoms with Crippen LogP contribution in [0.1, 0.15) is 11.3 Å². The lowest BCUT2D eigenvalue weighted by atomic mass is 10.2. The molecule has 24 heavy (non-hydrogen) atoms. The Hall–Kier alpha value is -2.67. The van der Waals surface area contributed by atoms with Crippen molar-refractivity contribution in [2.45, 2.75) is 25.7 Å². The molecule has 7 heteroatoms. The van der Waals surface area contributed by atoms with E-state index in [1.54, 1.807) is 18.5 Å². The van der Waals surface area contributed by atoms with Gasteiger partial charge in [-0.2, -0.15) is 5.10 Å².